The molecule has 1 aliphatic heterocycles. The SMILES string of the molecule is CCOC(=O)C1(CC(F)(F)F)CCN(C(=O)c2ccc(-c3ccc(F)cc3)cc2)CC1. The Morgan fingerprint density at radius 3 is 1.97 bits per heavy atom. The van der Waals surface area contributed by atoms with Crippen LogP contribution in [0.25, 0.3) is 11.1 Å². The third-order valence-corrected chi connectivity index (χ3v) is 5.56. The number of carbonyl (C=O) groups excluding carboxylic acids is 2. The fourth-order valence-electron chi connectivity index (χ4n) is 3.89. The van der Waals surface area contributed by atoms with Gasteiger partial charge in [-0.15, -0.1) is 0 Å². The monoisotopic (exact) mass is 437 g/mol. The van der Waals surface area contributed by atoms with Gasteiger partial charge in [0.25, 0.3) is 5.91 Å². The lowest BCUT2D eigenvalue weighted by Gasteiger charge is -2.40. The molecule has 1 heterocycles. The van der Waals surface area contributed by atoms with Crippen molar-refractivity contribution < 1.29 is 31.9 Å². The highest BCUT2D eigenvalue weighted by Gasteiger charge is 2.50. The lowest BCUT2D eigenvalue weighted by Crippen LogP contribution is -2.49. The molecule has 2 aromatic carbocycles. The van der Waals surface area contributed by atoms with Gasteiger partial charge in [-0.3, -0.25) is 9.59 Å². The number of benzene rings is 2. The largest absolute Gasteiger partial charge is 0.466 e. The Balaban J connectivity index is 1.70. The Morgan fingerprint density at radius 2 is 1.48 bits per heavy atom. The summed E-state index contributed by atoms with van der Waals surface area (Å²) in [6, 6.07) is 12.7. The number of likely N-dealkylation sites (tertiary alicyclic amines) is 1. The van der Waals surface area contributed by atoms with E-state index >= 15 is 0 Å². The van der Waals surface area contributed by atoms with E-state index in [1.165, 1.54) is 17.0 Å². The standard InChI is InChI=1S/C23H23F4NO3/c1-2-31-21(30)22(15-23(25,26)27)11-13-28(14-12-22)20(29)18-5-3-16(4-6-18)17-7-9-19(24)10-8-17/h3-10H,2,11-15H2,1H3. The number of rotatable bonds is 5. The van der Waals surface area contributed by atoms with Crippen LogP contribution in [-0.2, 0) is 9.53 Å². The highest BCUT2D eigenvalue weighted by molar-refractivity contribution is 5.95. The van der Waals surface area contributed by atoms with E-state index in [0.717, 1.165) is 11.1 Å². The molecule has 0 spiro atoms. The maximum absolute atomic E-state index is 13.1. The number of nitrogens with zero attached hydrogens (tertiary/aromatic N) is 1. The van der Waals surface area contributed by atoms with Gasteiger partial charge in [0, 0.05) is 18.7 Å². The molecule has 4 nitrogen and oxygen atoms in total. The first-order chi connectivity index (χ1) is 14.6. The van der Waals surface area contributed by atoms with Crippen LogP contribution in [-0.4, -0.2) is 42.6 Å². The second-order valence-electron chi connectivity index (χ2n) is 7.67. The van der Waals surface area contributed by atoms with E-state index in [4.69, 9.17) is 4.74 Å². The average Bonchev–Trinajstić information content (AvgIpc) is 2.73. The summed E-state index contributed by atoms with van der Waals surface area (Å²) in [6.45, 7) is 1.62. The van der Waals surface area contributed by atoms with Gasteiger partial charge in [0.1, 0.15) is 5.82 Å². The summed E-state index contributed by atoms with van der Waals surface area (Å²) in [6.07, 6.45) is -5.97. The van der Waals surface area contributed by atoms with Gasteiger partial charge in [-0.25, -0.2) is 4.39 Å². The number of ether oxygens (including phenoxy) is 1. The summed E-state index contributed by atoms with van der Waals surface area (Å²) in [7, 11) is 0. The third kappa shape index (κ3) is 5.42. The van der Waals surface area contributed by atoms with E-state index in [0.29, 0.717) is 5.56 Å². The number of hydrogen-bond donors (Lipinski definition) is 0. The zero-order chi connectivity index (χ0) is 22.6. The second kappa shape index (κ2) is 9.08. The molecule has 0 aromatic heterocycles. The summed E-state index contributed by atoms with van der Waals surface area (Å²) in [5.41, 5.74) is 0.342. The number of hydrogen-bond acceptors (Lipinski definition) is 3. The predicted octanol–water partition coefficient (Wildman–Crippen LogP) is 5.23. The van der Waals surface area contributed by atoms with Gasteiger partial charge in [0.15, 0.2) is 0 Å². The Morgan fingerprint density at radius 1 is 0.968 bits per heavy atom. The Labute approximate surface area is 177 Å². The Kier molecular flexibility index (Phi) is 6.67. The van der Waals surface area contributed by atoms with Crippen LogP contribution in [0.5, 0.6) is 0 Å². The van der Waals surface area contributed by atoms with E-state index in [1.807, 2.05) is 0 Å². The minimum atomic E-state index is -4.50. The summed E-state index contributed by atoms with van der Waals surface area (Å²) in [4.78, 5) is 26.6. The number of piperidine rings is 1. The number of alkyl halides is 3. The van der Waals surface area contributed by atoms with Gasteiger partial charge in [-0.1, -0.05) is 24.3 Å². The molecule has 3 rings (SSSR count). The molecule has 0 aliphatic carbocycles. The van der Waals surface area contributed by atoms with Gasteiger partial charge in [0.2, 0.25) is 0 Å². The fourth-order valence-corrected chi connectivity index (χ4v) is 3.89. The molecule has 0 unspecified atom stereocenters. The van der Waals surface area contributed by atoms with Crippen molar-refractivity contribution in [3.8, 4) is 11.1 Å². The third-order valence-electron chi connectivity index (χ3n) is 5.56. The molecule has 1 fully saturated rings. The average molecular weight is 437 g/mol. The van der Waals surface area contributed by atoms with Crippen LogP contribution in [0.15, 0.2) is 48.5 Å². The Bertz CT molecular complexity index is 915. The Hall–Kier alpha value is -2.90. The van der Waals surface area contributed by atoms with Crippen molar-refractivity contribution in [1.29, 1.82) is 0 Å². The first-order valence-electron chi connectivity index (χ1n) is 10.0. The van der Waals surface area contributed by atoms with Crippen molar-refractivity contribution in [2.45, 2.75) is 32.4 Å². The molecule has 0 bridgehead atoms. The van der Waals surface area contributed by atoms with Gasteiger partial charge in [-0.05, 0) is 55.2 Å². The quantitative estimate of drug-likeness (QED) is 0.475. The van der Waals surface area contributed by atoms with Gasteiger partial charge in [0.05, 0.1) is 18.4 Å². The van der Waals surface area contributed by atoms with Crippen molar-refractivity contribution in [1.82, 2.24) is 4.90 Å². The lowest BCUT2D eigenvalue weighted by atomic mass is 9.75. The maximum Gasteiger partial charge on any atom is 0.390 e. The molecule has 1 amide bonds. The van der Waals surface area contributed by atoms with Crippen molar-refractivity contribution in [3.05, 3.63) is 59.9 Å². The van der Waals surface area contributed by atoms with Crippen LogP contribution >= 0.6 is 0 Å². The minimum absolute atomic E-state index is 0.00148. The van der Waals surface area contributed by atoms with E-state index in [2.05, 4.69) is 0 Å². The van der Waals surface area contributed by atoms with Crippen molar-refractivity contribution in [3.63, 3.8) is 0 Å². The lowest BCUT2D eigenvalue weighted by molar-refractivity contribution is -0.187. The summed E-state index contributed by atoms with van der Waals surface area (Å²) >= 11 is 0. The van der Waals surface area contributed by atoms with Crippen LogP contribution in [0.2, 0.25) is 0 Å². The van der Waals surface area contributed by atoms with Crippen LogP contribution in [0, 0.1) is 11.2 Å². The molecule has 166 valence electrons. The summed E-state index contributed by atoms with van der Waals surface area (Å²) in [5.74, 6) is -1.51. The number of halogens is 4. The molecule has 8 heteroatoms. The van der Waals surface area contributed by atoms with E-state index < -0.39 is 24.0 Å². The van der Waals surface area contributed by atoms with Crippen molar-refractivity contribution in [2.24, 2.45) is 5.41 Å². The fraction of sp³-hybridized carbons (Fsp3) is 0.391. The second-order valence-corrected chi connectivity index (χ2v) is 7.67. The number of esters is 1. The molecular formula is C23H23F4NO3. The first kappa shape index (κ1) is 22.8. The molecular weight excluding hydrogens is 414 g/mol. The number of carbonyl (C=O) groups is 2. The molecule has 1 aliphatic rings. The van der Waals surface area contributed by atoms with Crippen molar-refractivity contribution >= 4 is 11.9 Å². The van der Waals surface area contributed by atoms with Crippen LogP contribution in [0.3, 0.4) is 0 Å². The van der Waals surface area contributed by atoms with E-state index in [-0.39, 0.29) is 44.3 Å². The number of amides is 1. The first-order valence-corrected chi connectivity index (χ1v) is 10.0. The normalized spacial score (nSPS) is 16.1. The van der Waals surface area contributed by atoms with Crippen LogP contribution in [0.4, 0.5) is 17.6 Å². The zero-order valence-corrected chi connectivity index (χ0v) is 17.0. The molecule has 0 N–H and O–H groups in total. The topological polar surface area (TPSA) is 46.6 Å². The minimum Gasteiger partial charge on any atom is -0.466 e. The van der Waals surface area contributed by atoms with E-state index in [9.17, 15) is 27.2 Å². The zero-order valence-electron chi connectivity index (χ0n) is 17.0. The predicted molar refractivity (Wildman–Crippen MR) is 107 cm³/mol. The van der Waals surface area contributed by atoms with E-state index in [1.54, 1.807) is 43.3 Å². The summed E-state index contributed by atoms with van der Waals surface area (Å²) in [5, 5.41) is 0. The van der Waals surface area contributed by atoms with Gasteiger partial charge < -0.3 is 9.64 Å². The molecule has 0 radical (unpaired) electrons. The molecule has 2 aromatic rings. The molecule has 0 atom stereocenters. The maximum atomic E-state index is 13.1. The highest BCUT2D eigenvalue weighted by Crippen LogP contribution is 2.43. The highest BCUT2D eigenvalue weighted by atomic mass is 19.4. The molecule has 31 heavy (non-hydrogen) atoms. The molecule has 1 saturated heterocycles. The van der Waals surface area contributed by atoms with Gasteiger partial charge in [-0.2, -0.15) is 13.2 Å². The van der Waals surface area contributed by atoms with Crippen molar-refractivity contribution in [2.75, 3.05) is 19.7 Å². The smallest absolute Gasteiger partial charge is 0.390 e. The van der Waals surface area contributed by atoms with Crippen LogP contribution in [0.1, 0.15) is 36.5 Å². The van der Waals surface area contributed by atoms with Gasteiger partial charge >= 0.3 is 12.1 Å². The molecule has 0 saturated carbocycles. The summed E-state index contributed by atoms with van der Waals surface area (Å²) < 4.78 is 57.3. The van der Waals surface area contributed by atoms with Crippen LogP contribution < -0.4 is 0 Å².